The molecule has 1 unspecified atom stereocenters. The Kier molecular flexibility index (Phi) is 4.18. The zero-order valence-electron chi connectivity index (χ0n) is 11.9. The van der Waals surface area contributed by atoms with Gasteiger partial charge in [-0.3, -0.25) is 0 Å². The lowest BCUT2D eigenvalue weighted by atomic mass is 10.1. The van der Waals surface area contributed by atoms with Gasteiger partial charge in [0.2, 0.25) is 0 Å². The predicted octanol–water partition coefficient (Wildman–Crippen LogP) is 3.33. The molecule has 0 aliphatic carbocycles. The number of rotatable bonds is 5. The summed E-state index contributed by atoms with van der Waals surface area (Å²) in [4.78, 5) is 4.08. The number of hydrogen-bond acceptors (Lipinski definition) is 1. The second-order valence-electron chi connectivity index (χ2n) is 5.09. The molecule has 1 atom stereocenters. The van der Waals surface area contributed by atoms with Crippen molar-refractivity contribution in [3.63, 3.8) is 0 Å². The van der Waals surface area contributed by atoms with Gasteiger partial charge >= 0.3 is 0 Å². The molecule has 2 aromatic carbocycles. The van der Waals surface area contributed by atoms with Gasteiger partial charge in [0, 0.05) is 23.6 Å². The summed E-state index contributed by atoms with van der Waals surface area (Å²) >= 11 is 0. The standard InChI is InChI=1S/C17H18N2OS/c1-13-6-8-15(9-7-13)21(20)19-11-10-14-12-18-17-5-3-2-4-16(14)17/h2-9,12,18-19H,10-11H2,1H3. The van der Waals surface area contributed by atoms with E-state index in [-0.39, 0.29) is 0 Å². The molecule has 1 heterocycles. The fraction of sp³-hybridized carbons (Fsp3) is 0.176. The molecule has 0 bridgehead atoms. The van der Waals surface area contributed by atoms with Gasteiger partial charge in [-0.2, -0.15) is 0 Å². The molecule has 3 nitrogen and oxygen atoms in total. The first-order valence-corrected chi connectivity index (χ1v) is 8.16. The van der Waals surface area contributed by atoms with Gasteiger partial charge in [0.25, 0.3) is 0 Å². The van der Waals surface area contributed by atoms with Crippen LogP contribution in [-0.4, -0.2) is 15.7 Å². The van der Waals surface area contributed by atoms with Crippen LogP contribution in [0.4, 0.5) is 0 Å². The van der Waals surface area contributed by atoms with E-state index in [1.807, 2.05) is 49.5 Å². The molecular weight excluding hydrogens is 280 g/mol. The minimum atomic E-state index is -1.15. The van der Waals surface area contributed by atoms with Gasteiger partial charge in [0.05, 0.1) is 4.90 Å². The smallest absolute Gasteiger partial charge is 0.124 e. The van der Waals surface area contributed by atoms with Crippen LogP contribution in [-0.2, 0) is 17.4 Å². The highest BCUT2D eigenvalue weighted by Gasteiger charge is 2.05. The Morgan fingerprint density at radius 2 is 1.86 bits per heavy atom. The first-order valence-electron chi connectivity index (χ1n) is 7.01. The number of aryl methyl sites for hydroxylation is 1. The number of aromatic amines is 1. The third kappa shape index (κ3) is 3.23. The van der Waals surface area contributed by atoms with Crippen LogP contribution in [0.2, 0.25) is 0 Å². The molecule has 3 rings (SSSR count). The second-order valence-corrected chi connectivity index (χ2v) is 6.38. The molecular formula is C17H18N2OS. The fourth-order valence-corrected chi connectivity index (χ4v) is 3.20. The highest BCUT2D eigenvalue weighted by Crippen LogP contribution is 2.17. The van der Waals surface area contributed by atoms with Crippen molar-refractivity contribution < 1.29 is 4.21 Å². The lowest BCUT2D eigenvalue weighted by Crippen LogP contribution is -2.20. The first-order chi connectivity index (χ1) is 10.2. The van der Waals surface area contributed by atoms with Crippen LogP contribution in [0.5, 0.6) is 0 Å². The predicted molar refractivity (Wildman–Crippen MR) is 87.6 cm³/mol. The molecule has 2 N–H and O–H groups in total. The second kappa shape index (κ2) is 6.24. The van der Waals surface area contributed by atoms with E-state index < -0.39 is 11.0 Å². The SMILES string of the molecule is Cc1ccc(S(=O)NCCc2c[nH]c3ccccc23)cc1. The van der Waals surface area contributed by atoms with Crippen molar-refractivity contribution in [2.45, 2.75) is 18.2 Å². The van der Waals surface area contributed by atoms with E-state index in [9.17, 15) is 4.21 Å². The number of fused-ring (bicyclic) bond motifs is 1. The highest BCUT2D eigenvalue weighted by atomic mass is 32.2. The van der Waals surface area contributed by atoms with E-state index in [1.54, 1.807) is 0 Å². The number of aromatic nitrogens is 1. The van der Waals surface area contributed by atoms with Crippen molar-refractivity contribution in [3.05, 3.63) is 65.9 Å². The minimum Gasteiger partial charge on any atom is -0.361 e. The van der Waals surface area contributed by atoms with Gasteiger partial charge in [-0.25, -0.2) is 8.93 Å². The molecule has 3 aromatic rings. The molecule has 0 saturated carbocycles. The number of hydrogen-bond donors (Lipinski definition) is 2. The van der Waals surface area contributed by atoms with Crippen molar-refractivity contribution in [2.24, 2.45) is 0 Å². The molecule has 108 valence electrons. The third-order valence-corrected chi connectivity index (χ3v) is 4.70. The van der Waals surface area contributed by atoms with Crippen molar-refractivity contribution in [1.29, 1.82) is 0 Å². The Morgan fingerprint density at radius 1 is 1.10 bits per heavy atom. The normalized spacial score (nSPS) is 12.6. The van der Waals surface area contributed by atoms with Crippen molar-refractivity contribution in [2.75, 3.05) is 6.54 Å². The molecule has 0 spiro atoms. The van der Waals surface area contributed by atoms with Crippen molar-refractivity contribution in [1.82, 2.24) is 9.71 Å². The maximum Gasteiger partial charge on any atom is 0.124 e. The van der Waals surface area contributed by atoms with Gasteiger partial charge < -0.3 is 4.98 Å². The summed E-state index contributed by atoms with van der Waals surface area (Å²) < 4.78 is 15.2. The summed E-state index contributed by atoms with van der Waals surface area (Å²) in [5, 5.41) is 1.24. The number of para-hydroxylation sites is 1. The molecule has 1 aromatic heterocycles. The molecule has 4 heteroatoms. The van der Waals surface area contributed by atoms with E-state index in [1.165, 1.54) is 16.5 Å². The zero-order valence-corrected chi connectivity index (χ0v) is 12.7. The number of nitrogens with one attached hydrogen (secondary N) is 2. The van der Waals surface area contributed by atoms with Crippen LogP contribution in [0.3, 0.4) is 0 Å². The van der Waals surface area contributed by atoms with E-state index >= 15 is 0 Å². The summed E-state index contributed by atoms with van der Waals surface area (Å²) in [5.41, 5.74) is 3.57. The van der Waals surface area contributed by atoms with Crippen LogP contribution in [0.15, 0.2) is 59.6 Å². The summed E-state index contributed by atoms with van der Waals surface area (Å²) in [5.74, 6) is 0. The Balaban J connectivity index is 1.61. The van der Waals surface area contributed by atoms with Crippen molar-refractivity contribution >= 4 is 21.9 Å². The molecule has 0 aliphatic heterocycles. The van der Waals surface area contributed by atoms with E-state index in [4.69, 9.17) is 0 Å². The quantitative estimate of drug-likeness (QED) is 0.745. The van der Waals surface area contributed by atoms with Crippen molar-refractivity contribution in [3.8, 4) is 0 Å². The molecule has 0 fully saturated rings. The molecule has 0 aliphatic rings. The summed E-state index contributed by atoms with van der Waals surface area (Å²) in [6.07, 6.45) is 2.88. The largest absolute Gasteiger partial charge is 0.361 e. The lowest BCUT2D eigenvalue weighted by Gasteiger charge is -2.05. The number of benzene rings is 2. The minimum absolute atomic E-state index is 0.683. The molecule has 0 amide bonds. The Hall–Kier alpha value is -1.91. The van der Waals surface area contributed by atoms with Gasteiger partial charge in [-0.15, -0.1) is 0 Å². The molecule has 0 radical (unpaired) electrons. The fourth-order valence-electron chi connectivity index (χ4n) is 2.36. The molecule has 21 heavy (non-hydrogen) atoms. The topological polar surface area (TPSA) is 44.9 Å². The van der Waals surface area contributed by atoms with Gasteiger partial charge in [0.15, 0.2) is 0 Å². The van der Waals surface area contributed by atoms with Gasteiger partial charge in [-0.05, 0) is 37.1 Å². The van der Waals surface area contributed by atoms with E-state index in [0.717, 1.165) is 16.8 Å². The highest BCUT2D eigenvalue weighted by molar-refractivity contribution is 7.83. The Morgan fingerprint density at radius 3 is 2.67 bits per heavy atom. The lowest BCUT2D eigenvalue weighted by molar-refractivity contribution is 0.671. The number of H-pyrrole nitrogens is 1. The maximum atomic E-state index is 12.1. The third-order valence-electron chi connectivity index (χ3n) is 3.54. The van der Waals surface area contributed by atoms with E-state index in [2.05, 4.69) is 21.8 Å². The van der Waals surface area contributed by atoms with Crippen LogP contribution < -0.4 is 4.72 Å². The Bertz CT molecular complexity index is 762. The van der Waals surface area contributed by atoms with E-state index in [0.29, 0.717) is 6.54 Å². The maximum absolute atomic E-state index is 12.1. The first kappa shape index (κ1) is 14.0. The monoisotopic (exact) mass is 298 g/mol. The Labute approximate surface area is 127 Å². The molecule has 0 saturated heterocycles. The summed E-state index contributed by atoms with van der Waals surface area (Å²) in [6.45, 7) is 2.71. The van der Waals surface area contributed by atoms with Crippen LogP contribution in [0.1, 0.15) is 11.1 Å². The average Bonchev–Trinajstić information content (AvgIpc) is 2.91. The van der Waals surface area contributed by atoms with Crippen LogP contribution in [0.25, 0.3) is 10.9 Å². The summed E-state index contributed by atoms with van der Waals surface area (Å²) in [6, 6.07) is 16.0. The summed E-state index contributed by atoms with van der Waals surface area (Å²) in [7, 11) is -1.15. The zero-order chi connectivity index (χ0) is 14.7. The van der Waals surface area contributed by atoms with Crippen LogP contribution in [0, 0.1) is 6.92 Å². The van der Waals surface area contributed by atoms with Gasteiger partial charge in [0.1, 0.15) is 11.0 Å². The average molecular weight is 298 g/mol. The van der Waals surface area contributed by atoms with Gasteiger partial charge in [-0.1, -0.05) is 35.9 Å². The van der Waals surface area contributed by atoms with Crippen LogP contribution >= 0.6 is 0 Å².